The zero-order valence-corrected chi connectivity index (χ0v) is 40.0. The average molecular weight is 929 g/mol. The summed E-state index contributed by atoms with van der Waals surface area (Å²) >= 11 is 0. The summed E-state index contributed by atoms with van der Waals surface area (Å²) in [5.41, 5.74) is 17.4. The third-order valence-corrected chi connectivity index (χ3v) is 15.1. The maximum absolute atomic E-state index is 6.89. The number of para-hydroxylation sites is 4. The third-order valence-electron chi connectivity index (χ3n) is 15.1. The molecule has 0 radical (unpaired) electrons. The zero-order valence-electron chi connectivity index (χ0n) is 40.0. The van der Waals surface area contributed by atoms with Crippen molar-refractivity contribution in [2.24, 2.45) is 0 Å². The summed E-state index contributed by atoms with van der Waals surface area (Å²) in [6.45, 7) is 8.66. The molecule has 0 bridgehead atoms. The average Bonchev–Trinajstić information content (AvgIpc) is 4.17. The topological polar surface area (TPSA) is 59.0 Å². The fourth-order valence-corrected chi connectivity index (χ4v) is 11.5. The number of anilines is 6. The molecular formula is C66H44N2O4. The Hall–Kier alpha value is -9.26. The lowest BCUT2D eigenvalue weighted by atomic mass is 10.0. The number of hydrogen-bond acceptors (Lipinski definition) is 6. The van der Waals surface area contributed by atoms with Gasteiger partial charge in [0.15, 0.2) is 22.3 Å². The van der Waals surface area contributed by atoms with Gasteiger partial charge in [0.05, 0.1) is 11.4 Å². The van der Waals surface area contributed by atoms with Gasteiger partial charge in [0.1, 0.15) is 22.3 Å². The van der Waals surface area contributed by atoms with Crippen molar-refractivity contribution >= 4 is 143 Å². The van der Waals surface area contributed by atoms with Gasteiger partial charge in [0, 0.05) is 65.8 Å². The molecule has 0 atom stereocenters. The quantitative estimate of drug-likeness (QED) is 0.166. The molecule has 0 unspecified atom stereocenters. The monoisotopic (exact) mass is 928 g/mol. The van der Waals surface area contributed by atoms with Crippen molar-refractivity contribution in [2.75, 3.05) is 9.80 Å². The molecular weight excluding hydrogens is 885 g/mol. The Morgan fingerprint density at radius 1 is 0.264 bits per heavy atom. The van der Waals surface area contributed by atoms with Crippen molar-refractivity contribution in [3.05, 3.63) is 216 Å². The van der Waals surface area contributed by atoms with Crippen molar-refractivity contribution in [1.82, 2.24) is 0 Å². The number of benzene rings is 11. The van der Waals surface area contributed by atoms with E-state index in [0.717, 1.165) is 166 Å². The molecule has 0 aliphatic heterocycles. The molecule has 4 heterocycles. The second-order valence-corrected chi connectivity index (χ2v) is 19.4. The summed E-state index contributed by atoms with van der Waals surface area (Å²) in [5, 5.41) is 12.9. The van der Waals surface area contributed by atoms with E-state index in [4.69, 9.17) is 17.7 Å². The molecule has 6 heteroatoms. The maximum Gasteiger partial charge on any atom is 0.178 e. The van der Waals surface area contributed by atoms with E-state index in [2.05, 4.69) is 207 Å². The van der Waals surface area contributed by atoms with E-state index in [-0.39, 0.29) is 0 Å². The first-order chi connectivity index (χ1) is 35.3. The Balaban J connectivity index is 0.871. The highest BCUT2D eigenvalue weighted by Gasteiger charge is 2.26. The highest BCUT2D eigenvalue weighted by Crippen LogP contribution is 2.49. The summed E-state index contributed by atoms with van der Waals surface area (Å²) in [6.07, 6.45) is 0. The van der Waals surface area contributed by atoms with Gasteiger partial charge >= 0.3 is 0 Å². The van der Waals surface area contributed by atoms with E-state index in [1.54, 1.807) is 0 Å². The fourth-order valence-electron chi connectivity index (χ4n) is 11.5. The largest absolute Gasteiger partial charge is 0.454 e. The van der Waals surface area contributed by atoms with Gasteiger partial charge in [-0.15, -0.1) is 0 Å². The van der Waals surface area contributed by atoms with Gasteiger partial charge in [-0.1, -0.05) is 109 Å². The van der Waals surface area contributed by atoms with Crippen LogP contribution in [0.5, 0.6) is 0 Å². The standard InChI is InChI=1S/C66H44N2O4/c1-37-13-5-9-17-55(37)67(61-39(3)21-27-49-47-15-7-11-19-57(47)69-63(49)61)45-25-23-41-33-53-51-29-30-52-54-34-42-24-26-46(32-44(42)36-60(54)72-66(52)65(51)71-59(53)35-43(41)31-45)68(56-18-10-6-14-38(56)2)62-40(4)22-28-50-48-16-8-12-20-58(48)70-64(50)62/h5-36H,1-4H3. The second kappa shape index (κ2) is 15.1. The van der Waals surface area contributed by atoms with Crippen LogP contribution in [0.1, 0.15) is 22.3 Å². The Morgan fingerprint density at radius 2 is 0.653 bits per heavy atom. The van der Waals surface area contributed by atoms with Crippen molar-refractivity contribution in [2.45, 2.75) is 27.7 Å². The molecule has 342 valence electrons. The molecule has 72 heavy (non-hydrogen) atoms. The zero-order chi connectivity index (χ0) is 47.9. The molecule has 15 rings (SSSR count). The molecule has 15 aromatic rings. The molecule has 4 aromatic heterocycles. The van der Waals surface area contributed by atoms with E-state index in [1.807, 2.05) is 24.3 Å². The molecule has 0 aliphatic rings. The first kappa shape index (κ1) is 40.6. The van der Waals surface area contributed by atoms with Crippen LogP contribution in [0.2, 0.25) is 0 Å². The minimum Gasteiger partial charge on any atom is -0.454 e. The van der Waals surface area contributed by atoms with Crippen LogP contribution in [0.3, 0.4) is 0 Å². The molecule has 0 amide bonds. The van der Waals surface area contributed by atoms with E-state index >= 15 is 0 Å². The Kier molecular flexibility index (Phi) is 8.53. The van der Waals surface area contributed by atoms with E-state index in [1.165, 1.54) is 0 Å². The van der Waals surface area contributed by atoms with Crippen LogP contribution in [0, 0.1) is 27.7 Å². The molecule has 0 spiro atoms. The number of furan rings is 4. The molecule has 6 nitrogen and oxygen atoms in total. The van der Waals surface area contributed by atoms with Crippen LogP contribution in [-0.4, -0.2) is 0 Å². The molecule has 0 saturated carbocycles. The van der Waals surface area contributed by atoms with Gasteiger partial charge in [0.2, 0.25) is 0 Å². The van der Waals surface area contributed by atoms with Gasteiger partial charge in [-0.3, -0.25) is 0 Å². The number of hydrogen-bond donors (Lipinski definition) is 0. The first-order valence-corrected chi connectivity index (χ1v) is 24.6. The third kappa shape index (κ3) is 5.90. The van der Waals surface area contributed by atoms with Crippen LogP contribution >= 0.6 is 0 Å². The number of nitrogens with zero attached hydrogens (tertiary/aromatic N) is 2. The predicted octanol–water partition coefficient (Wildman–Crippen LogP) is 19.8. The van der Waals surface area contributed by atoms with Crippen molar-refractivity contribution in [3.63, 3.8) is 0 Å². The number of rotatable bonds is 6. The van der Waals surface area contributed by atoms with Crippen molar-refractivity contribution < 1.29 is 17.7 Å². The van der Waals surface area contributed by atoms with Gasteiger partial charge in [0.25, 0.3) is 0 Å². The minimum atomic E-state index is 0.743. The van der Waals surface area contributed by atoms with Crippen molar-refractivity contribution in [1.29, 1.82) is 0 Å². The fraction of sp³-hybridized carbons (Fsp3) is 0.0606. The van der Waals surface area contributed by atoms with Gasteiger partial charge < -0.3 is 27.5 Å². The van der Waals surface area contributed by atoms with Crippen LogP contribution < -0.4 is 9.80 Å². The minimum absolute atomic E-state index is 0.743. The lowest BCUT2D eigenvalue weighted by Gasteiger charge is -2.28. The normalized spacial score (nSPS) is 12.2. The molecule has 0 saturated heterocycles. The van der Waals surface area contributed by atoms with Gasteiger partial charge in [-0.05, 0) is 156 Å². The van der Waals surface area contributed by atoms with Crippen molar-refractivity contribution in [3.8, 4) is 0 Å². The van der Waals surface area contributed by atoms with Gasteiger partial charge in [-0.2, -0.15) is 0 Å². The Labute approximate surface area is 413 Å². The van der Waals surface area contributed by atoms with E-state index in [0.29, 0.717) is 0 Å². The number of fused-ring (bicyclic) bond motifs is 15. The van der Waals surface area contributed by atoms with E-state index < -0.39 is 0 Å². The van der Waals surface area contributed by atoms with Gasteiger partial charge in [-0.25, -0.2) is 0 Å². The molecule has 0 fully saturated rings. The number of aryl methyl sites for hydroxylation is 4. The van der Waals surface area contributed by atoms with E-state index in [9.17, 15) is 0 Å². The highest BCUT2D eigenvalue weighted by molar-refractivity contribution is 6.22. The summed E-state index contributed by atoms with van der Waals surface area (Å²) in [4.78, 5) is 4.70. The highest BCUT2D eigenvalue weighted by atomic mass is 16.4. The summed E-state index contributed by atoms with van der Waals surface area (Å²) in [5.74, 6) is 0. The summed E-state index contributed by atoms with van der Waals surface area (Å²) in [7, 11) is 0. The summed E-state index contributed by atoms with van der Waals surface area (Å²) in [6, 6.07) is 69.1. The van der Waals surface area contributed by atoms with Crippen LogP contribution in [0.25, 0.3) is 109 Å². The lowest BCUT2D eigenvalue weighted by Crippen LogP contribution is -2.13. The Bertz CT molecular complexity index is 4470. The SMILES string of the molecule is Cc1ccccc1N(c1ccc2cc3c(cc2c1)oc1c3ccc2c3cc4ccc(N(c5ccccc5C)c5c(C)ccc6c5oc5ccccc56)cc4cc3oc21)c1c(C)ccc2c1oc1ccccc12. The second-order valence-electron chi connectivity index (χ2n) is 19.4. The van der Waals surface area contributed by atoms with Crippen LogP contribution in [0.15, 0.2) is 212 Å². The molecule has 11 aromatic carbocycles. The summed E-state index contributed by atoms with van der Waals surface area (Å²) < 4.78 is 27.2. The van der Waals surface area contributed by atoms with Crippen LogP contribution in [0.4, 0.5) is 34.1 Å². The maximum atomic E-state index is 6.89. The Morgan fingerprint density at radius 3 is 1.11 bits per heavy atom. The smallest absolute Gasteiger partial charge is 0.178 e. The lowest BCUT2D eigenvalue weighted by molar-refractivity contribution is 0.634. The molecule has 0 N–H and O–H groups in total. The first-order valence-electron chi connectivity index (χ1n) is 24.6. The molecule has 0 aliphatic carbocycles. The van der Waals surface area contributed by atoms with Crippen LogP contribution in [-0.2, 0) is 0 Å². The predicted molar refractivity (Wildman–Crippen MR) is 299 cm³/mol.